The van der Waals surface area contributed by atoms with E-state index in [9.17, 15) is 18.0 Å². The largest absolute Gasteiger partial charge is 0.416 e. The van der Waals surface area contributed by atoms with Crippen molar-refractivity contribution in [3.05, 3.63) is 58.6 Å². The lowest BCUT2D eigenvalue weighted by atomic mass is 10.1. The van der Waals surface area contributed by atoms with Gasteiger partial charge in [0.1, 0.15) is 0 Å². The normalized spacial score (nSPS) is 11.2. The van der Waals surface area contributed by atoms with Crippen LogP contribution in [0.4, 0.5) is 24.5 Å². The molecule has 0 spiro atoms. The van der Waals surface area contributed by atoms with Gasteiger partial charge in [0.25, 0.3) is 5.91 Å². The Hall–Kier alpha value is -2.21. The second-order valence-electron chi connectivity index (χ2n) is 4.26. The van der Waals surface area contributed by atoms with Crippen molar-refractivity contribution in [2.45, 2.75) is 6.18 Å². The van der Waals surface area contributed by atoms with E-state index >= 15 is 0 Å². The van der Waals surface area contributed by atoms with Crippen molar-refractivity contribution < 1.29 is 18.0 Å². The van der Waals surface area contributed by atoms with Crippen LogP contribution in [0, 0.1) is 0 Å². The highest BCUT2D eigenvalue weighted by atomic mass is 35.5. The van der Waals surface area contributed by atoms with Crippen molar-refractivity contribution >= 4 is 28.9 Å². The Bertz CT molecular complexity index is 669. The smallest absolute Gasteiger partial charge is 0.398 e. The Labute approximate surface area is 123 Å². The molecule has 0 saturated heterocycles. The van der Waals surface area contributed by atoms with E-state index in [1.165, 1.54) is 30.3 Å². The Morgan fingerprint density at radius 2 is 1.71 bits per heavy atom. The van der Waals surface area contributed by atoms with E-state index in [-0.39, 0.29) is 16.9 Å². The highest BCUT2D eigenvalue weighted by Gasteiger charge is 2.30. The summed E-state index contributed by atoms with van der Waals surface area (Å²) in [6, 6.07) is 8.50. The van der Waals surface area contributed by atoms with Crippen LogP contribution in [0.25, 0.3) is 0 Å². The number of hydrogen-bond acceptors (Lipinski definition) is 2. The molecule has 7 heteroatoms. The summed E-state index contributed by atoms with van der Waals surface area (Å²) in [5, 5.41) is 2.79. The maximum Gasteiger partial charge on any atom is 0.416 e. The molecule has 0 bridgehead atoms. The van der Waals surface area contributed by atoms with Crippen molar-refractivity contribution in [3.63, 3.8) is 0 Å². The van der Waals surface area contributed by atoms with Gasteiger partial charge in [-0.2, -0.15) is 13.2 Å². The molecule has 21 heavy (non-hydrogen) atoms. The van der Waals surface area contributed by atoms with Gasteiger partial charge in [-0.25, -0.2) is 0 Å². The molecule has 0 radical (unpaired) electrons. The first-order valence-corrected chi connectivity index (χ1v) is 6.19. The summed E-state index contributed by atoms with van der Waals surface area (Å²) >= 11 is 5.77. The molecular formula is C14H10ClF3N2O. The van der Waals surface area contributed by atoms with E-state index in [4.69, 9.17) is 17.3 Å². The fourth-order valence-corrected chi connectivity index (χ4v) is 1.84. The molecule has 0 aromatic heterocycles. The summed E-state index contributed by atoms with van der Waals surface area (Å²) in [5.74, 6) is -0.547. The van der Waals surface area contributed by atoms with Crippen LogP contribution in [0.3, 0.4) is 0 Å². The number of benzene rings is 2. The van der Waals surface area contributed by atoms with E-state index in [1.54, 1.807) is 0 Å². The first-order valence-electron chi connectivity index (χ1n) is 5.81. The lowest BCUT2D eigenvalue weighted by Gasteiger charge is -2.10. The molecule has 0 unspecified atom stereocenters. The monoisotopic (exact) mass is 314 g/mol. The number of anilines is 2. The maximum atomic E-state index is 12.4. The van der Waals surface area contributed by atoms with Crippen molar-refractivity contribution in [3.8, 4) is 0 Å². The number of nitrogens with two attached hydrogens (primary N) is 1. The number of carbonyl (C=O) groups is 1. The molecule has 2 aromatic rings. The van der Waals surface area contributed by atoms with Gasteiger partial charge in [0, 0.05) is 16.4 Å². The van der Waals surface area contributed by atoms with E-state index < -0.39 is 17.6 Å². The second kappa shape index (κ2) is 5.65. The quantitative estimate of drug-likeness (QED) is 0.816. The summed E-state index contributed by atoms with van der Waals surface area (Å²) in [4.78, 5) is 12.0. The lowest BCUT2D eigenvalue weighted by Crippen LogP contribution is -2.14. The molecule has 2 aromatic carbocycles. The minimum atomic E-state index is -4.42. The van der Waals surface area contributed by atoms with Gasteiger partial charge in [-0.1, -0.05) is 11.6 Å². The number of carbonyl (C=O) groups excluding carboxylic acids is 1. The molecule has 0 aliphatic rings. The SMILES string of the molecule is Nc1ccc(Cl)cc1C(=O)Nc1ccc(C(F)(F)F)cc1. The summed E-state index contributed by atoms with van der Waals surface area (Å²) in [7, 11) is 0. The average molecular weight is 315 g/mol. The fourth-order valence-electron chi connectivity index (χ4n) is 1.67. The Kier molecular flexibility index (Phi) is 4.09. The van der Waals surface area contributed by atoms with Crippen LogP contribution in [0.15, 0.2) is 42.5 Å². The van der Waals surface area contributed by atoms with Crippen molar-refractivity contribution in [1.29, 1.82) is 0 Å². The predicted octanol–water partition coefficient (Wildman–Crippen LogP) is 4.19. The number of nitrogens with one attached hydrogen (secondary N) is 1. The van der Waals surface area contributed by atoms with Crippen LogP contribution in [-0.2, 0) is 6.18 Å². The molecule has 0 fully saturated rings. The van der Waals surface area contributed by atoms with E-state index in [1.807, 2.05) is 0 Å². The lowest BCUT2D eigenvalue weighted by molar-refractivity contribution is -0.137. The molecule has 3 nitrogen and oxygen atoms in total. The first-order chi connectivity index (χ1) is 9.77. The Balaban J connectivity index is 2.18. The van der Waals surface area contributed by atoms with Crippen molar-refractivity contribution in [2.24, 2.45) is 0 Å². The van der Waals surface area contributed by atoms with Crippen molar-refractivity contribution in [2.75, 3.05) is 11.1 Å². The van der Waals surface area contributed by atoms with Crippen LogP contribution >= 0.6 is 11.6 Å². The number of alkyl halides is 3. The Morgan fingerprint density at radius 1 is 1.10 bits per heavy atom. The minimum Gasteiger partial charge on any atom is -0.398 e. The van der Waals surface area contributed by atoms with Gasteiger partial charge in [0.2, 0.25) is 0 Å². The van der Waals surface area contributed by atoms with Crippen LogP contribution in [-0.4, -0.2) is 5.91 Å². The van der Waals surface area contributed by atoms with Gasteiger partial charge < -0.3 is 11.1 Å². The average Bonchev–Trinajstić information content (AvgIpc) is 2.41. The standard InChI is InChI=1S/C14H10ClF3N2O/c15-9-3-6-12(19)11(7-9)13(21)20-10-4-1-8(2-5-10)14(16,17)18/h1-7H,19H2,(H,20,21). The summed E-state index contributed by atoms with van der Waals surface area (Å²) in [6.45, 7) is 0. The highest BCUT2D eigenvalue weighted by molar-refractivity contribution is 6.31. The fraction of sp³-hybridized carbons (Fsp3) is 0.0714. The molecule has 2 rings (SSSR count). The molecule has 0 heterocycles. The van der Waals surface area contributed by atoms with E-state index in [0.717, 1.165) is 12.1 Å². The number of nitrogen functional groups attached to an aromatic ring is 1. The van der Waals surface area contributed by atoms with Gasteiger partial charge in [-0.05, 0) is 42.5 Å². The Morgan fingerprint density at radius 3 is 2.29 bits per heavy atom. The zero-order valence-electron chi connectivity index (χ0n) is 10.5. The molecule has 110 valence electrons. The van der Waals surface area contributed by atoms with Gasteiger partial charge in [-0.15, -0.1) is 0 Å². The van der Waals surface area contributed by atoms with Crippen LogP contribution in [0.2, 0.25) is 5.02 Å². The van der Waals surface area contributed by atoms with E-state index in [0.29, 0.717) is 5.02 Å². The van der Waals surface area contributed by atoms with Crippen molar-refractivity contribution in [1.82, 2.24) is 0 Å². The number of amides is 1. The number of hydrogen-bond donors (Lipinski definition) is 2. The van der Waals surface area contributed by atoms with Gasteiger partial charge in [0.05, 0.1) is 11.1 Å². The predicted molar refractivity (Wildman–Crippen MR) is 75.3 cm³/mol. The summed E-state index contributed by atoms with van der Waals surface area (Å²) in [6.07, 6.45) is -4.42. The third-order valence-electron chi connectivity index (χ3n) is 2.73. The zero-order valence-corrected chi connectivity index (χ0v) is 11.3. The van der Waals surface area contributed by atoms with Gasteiger partial charge >= 0.3 is 6.18 Å². The first kappa shape index (κ1) is 15.2. The number of halogens is 4. The van der Waals surface area contributed by atoms with E-state index in [2.05, 4.69) is 5.32 Å². The van der Waals surface area contributed by atoms with Crippen LogP contribution in [0.1, 0.15) is 15.9 Å². The minimum absolute atomic E-state index is 0.155. The summed E-state index contributed by atoms with van der Waals surface area (Å²) < 4.78 is 37.3. The maximum absolute atomic E-state index is 12.4. The molecule has 0 aliphatic carbocycles. The van der Waals surface area contributed by atoms with Gasteiger partial charge in [0.15, 0.2) is 0 Å². The van der Waals surface area contributed by atoms with Gasteiger partial charge in [-0.3, -0.25) is 4.79 Å². The zero-order chi connectivity index (χ0) is 15.6. The van der Waals surface area contributed by atoms with Crippen LogP contribution < -0.4 is 11.1 Å². The molecule has 0 atom stereocenters. The topological polar surface area (TPSA) is 55.1 Å². The highest BCUT2D eigenvalue weighted by Crippen LogP contribution is 2.30. The molecule has 3 N–H and O–H groups in total. The second-order valence-corrected chi connectivity index (χ2v) is 4.70. The number of rotatable bonds is 2. The molecule has 1 amide bonds. The molecular weight excluding hydrogens is 305 g/mol. The third-order valence-corrected chi connectivity index (χ3v) is 2.97. The summed E-state index contributed by atoms with van der Waals surface area (Å²) in [5.41, 5.74) is 5.48. The molecule has 0 aliphatic heterocycles. The van der Waals surface area contributed by atoms with Crippen LogP contribution in [0.5, 0.6) is 0 Å². The molecule has 0 saturated carbocycles. The third kappa shape index (κ3) is 3.66.